The lowest BCUT2D eigenvalue weighted by atomic mass is 10.3. The van der Waals surface area contributed by atoms with Crippen LogP contribution >= 0.6 is 11.6 Å². The molecule has 0 aliphatic carbocycles. The van der Waals surface area contributed by atoms with Gasteiger partial charge in [0.05, 0.1) is 18.4 Å². The number of nitrogens with two attached hydrogens (primary N) is 1. The highest BCUT2D eigenvalue weighted by Gasteiger charge is 2.22. The maximum Gasteiger partial charge on any atom is 0.244 e. The van der Waals surface area contributed by atoms with E-state index in [1.54, 1.807) is 6.92 Å². The summed E-state index contributed by atoms with van der Waals surface area (Å²) >= 11 is 5.68. The van der Waals surface area contributed by atoms with Gasteiger partial charge in [-0.05, 0) is 19.1 Å². The first-order valence-electron chi connectivity index (χ1n) is 5.45. The van der Waals surface area contributed by atoms with Crippen LogP contribution in [0.1, 0.15) is 11.7 Å². The average molecular weight is 320 g/mol. The average Bonchev–Trinajstić information content (AvgIpc) is 2.77. The molecule has 0 amide bonds. The fourth-order valence-corrected chi connectivity index (χ4v) is 2.89. The van der Waals surface area contributed by atoms with Gasteiger partial charge in [-0.2, -0.15) is 0 Å². The molecule has 2 rings (SSSR count). The van der Waals surface area contributed by atoms with Crippen molar-refractivity contribution in [2.24, 2.45) is 0 Å². The fourth-order valence-electron chi connectivity index (χ4n) is 1.50. The normalized spacial score (nSPS) is 11.8. The second-order valence-electron chi connectivity index (χ2n) is 4.00. The van der Waals surface area contributed by atoms with Crippen molar-refractivity contribution in [1.82, 2.24) is 9.71 Å². The number of nitrogens with zero attached hydrogens (tertiary/aromatic N) is 1. The summed E-state index contributed by atoms with van der Waals surface area (Å²) < 4.78 is 45.0. The predicted molar refractivity (Wildman–Crippen MR) is 71.1 cm³/mol. The Morgan fingerprint density at radius 1 is 1.50 bits per heavy atom. The third-order valence-corrected chi connectivity index (χ3v) is 4.02. The number of nitrogen functional groups attached to an aromatic ring is 1. The van der Waals surface area contributed by atoms with Crippen LogP contribution in [0.25, 0.3) is 0 Å². The lowest BCUT2D eigenvalue weighted by Gasteiger charge is -2.08. The zero-order valence-corrected chi connectivity index (χ0v) is 11.9. The van der Waals surface area contributed by atoms with Gasteiger partial charge in [0.1, 0.15) is 10.7 Å². The summed E-state index contributed by atoms with van der Waals surface area (Å²) in [6, 6.07) is 2.11. The van der Waals surface area contributed by atoms with Gasteiger partial charge in [0.25, 0.3) is 0 Å². The standard InChI is InChI=1S/C11H11ClFN3O3S/c1-6-4-15-10(19-6)5-16-20(17,18)9-3-7(12)2-8(14)11(9)13/h2-4,16H,5,14H2,1H3. The van der Waals surface area contributed by atoms with Gasteiger partial charge in [0.2, 0.25) is 15.9 Å². The van der Waals surface area contributed by atoms with E-state index < -0.39 is 20.7 Å². The minimum atomic E-state index is -4.11. The molecule has 108 valence electrons. The highest BCUT2D eigenvalue weighted by molar-refractivity contribution is 7.89. The van der Waals surface area contributed by atoms with Gasteiger partial charge in [-0.15, -0.1) is 0 Å². The number of hydrogen-bond donors (Lipinski definition) is 2. The maximum absolute atomic E-state index is 13.8. The minimum absolute atomic E-state index is 0.0243. The van der Waals surface area contributed by atoms with Crippen molar-refractivity contribution in [1.29, 1.82) is 0 Å². The molecule has 0 bridgehead atoms. The molecule has 0 atom stereocenters. The van der Waals surface area contributed by atoms with Gasteiger partial charge < -0.3 is 10.2 Å². The van der Waals surface area contributed by atoms with Crippen LogP contribution < -0.4 is 10.5 Å². The van der Waals surface area contributed by atoms with E-state index in [9.17, 15) is 12.8 Å². The molecule has 1 heterocycles. The SMILES string of the molecule is Cc1cnc(CNS(=O)(=O)c2cc(Cl)cc(N)c2F)o1. The Balaban J connectivity index is 2.27. The smallest absolute Gasteiger partial charge is 0.244 e. The van der Waals surface area contributed by atoms with E-state index in [0.717, 1.165) is 12.1 Å². The van der Waals surface area contributed by atoms with Crippen molar-refractivity contribution in [3.63, 3.8) is 0 Å². The van der Waals surface area contributed by atoms with Crippen LogP contribution in [-0.4, -0.2) is 13.4 Å². The molecule has 0 radical (unpaired) electrons. The first-order valence-corrected chi connectivity index (χ1v) is 7.31. The molecule has 1 aromatic heterocycles. The summed E-state index contributed by atoms with van der Waals surface area (Å²) in [6.45, 7) is 1.46. The summed E-state index contributed by atoms with van der Waals surface area (Å²) in [6.07, 6.45) is 1.45. The summed E-state index contributed by atoms with van der Waals surface area (Å²) in [4.78, 5) is 3.21. The minimum Gasteiger partial charge on any atom is -0.445 e. The molecular weight excluding hydrogens is 309 g/mol. The number of benzene rings is 1. The molecule has 0 aliphatic rings. The molecule has 0 unspecified atom stereocenters. The maximum atomic E-state index is 13.8. The first kappa shape index (κ1) is 14.8. The molecule has 1 aromatic carbocycles. The van der Waals surface area contributed by atoms with Gasteiger partial charge in [-0.1, -0.05) is 11.6 Å². The van der Waals surface area contributed by atoms with Gasteiger partial charge in [0, 0.05) is 5.02 Å². The van der Waals surface area contributed by atoms with Crippen LogP contribution in [0.4, 0.5) is 10.1 Å². The molecule has 0 aliphatic heterocycles. The van der Waals surface area contributed by atoms with E-state index >= 15 is 0 Å². The third kappa shape index (κ3) is 3.09. The number of halogens is 2. The number of oxazole rings is 1. The van der Waals surface area contributed by atoms with E-state index in [-0.39, 0.29) is 23.1 Å². The number of nitrogens with one attached hydrogen (secondary N) is 1. The Kier molecular flexibility index (Phi) is 3.98. The number of sulfonamides is 1. The Bertz CT molecular complexity index is 745. The van der Waals surface area contributed by atoms with E-state index in [1.807, 2.05) is 0 Å². The fraction of sp³-hybridized carbons (Fsp3) is 0.182. The van der Waals surface area contributed by atoms with Gasteiger partial charge >= 0.3 is 0 Å². The largest absolute Gasteiger partial charge is 0.445 e. The zero-order valence-electron chi connectivity index (χ0n) is 10.4. The number of aromatic nitrogens is 1. The quantitative estimate of drug-likeness (QED) is 0.838. The van der Waals surface area contributed by atoms with Gasteiger partial charge in [0.15, 0.2) is 5.82 Å². The number of rotatable bonds is 4. The summed E-state index contributed by atoms with van der Waals surface area (Å²) in [5.74, 6) is -0.343. The topological polar surface area (TPSA) is 98.2 Å². The Morgan fingerprint density at radius 2 is 2.20 bits per heavy atom. The highest BCUT2D eigenvalue weighted by Crippen LogP contribution is 2.25. The molecule has 9 heteroatoms. The Morgan fingerprint density at radius 3 is 2.80 bits per heavy atom. The van der Waals surface area contributed by atoms with Crippen molar-refractivity contribution in [2.75, 3.05) is 5.73 Å². The lowest BCUT2D eigenvalue weighted by molar-refractivity contribution is 0.462. The van der Waals surface area contributed by atoms with E-state index in [1.165, 1.54) is 6.20 Å². The van der Waals surface area contributed by atoms with Crippen LogP contribution in [0.5, 0.6) is 0 Å². The monoisotopic (exact) mass is 319 g/mol. The first-order chi connectivity index (χ1) is 9.29. The second-order valence-corrected chi connectivity index (χ2v) is 6.17. The van der Waals surface area contributed by atoms with Crippen LogP contribution in [-0.2, 0) is 16.6 Å². The summed E-state index contributed by atoms with van der Waals surface area (Å²) in [5, 5.41) is 0.0243. The van der Waals surface area contributed by atoms with E-state index in [0.29, 0.717) is 5.76 Å². The van der Waals surface area contributed by atoms with Crippen LogP contribution in [0, 0.1) is 12.7 Å². The molecule has 0 saturated carbocycles. The zero-order chi connectivity index (χ0) is 14.9. The van der Waals surface area contributed by atoms with Crippen molar-refractivity contribution < 1.29 is 17.2 Å². The summed E-state index contributed by atoms with van der Waals surface area (Å²) in [7, 11) is -4.11. The van der Waals surface area contributed by atoms with Crippen LogP contribution in [0.15, 0.2) is 27.6 Å². The Labute approximate surface area is 119 Å². The highest BCUT2D eigenvalue weighted by atomic mass is 35.5. The summed E-state index contributed by atoms with van der Waals surface area (Å²) in [5.41, 5.74) is 5.00. The molecule has 2 aromatic rings. The molecular formula is C11H11ClFN3O3S. The number of aryl methyl sites for hydroxylation is 1. The van der Waals surface area contributed by atoms with Crippen LogP contribution in [0.2, 0.25) is 5.02 Å². The third-order valence-electron chi connectivity index (χ3n) is 2.40. The van der Waals surface area contributed by atoms with Crippen molar-refractivity contribution >= 4 is 27.3 Å². The molecule has 0 fully saturated rings. The van der Waals surface area contributed by atoms with Crippen LogP contribution in [0.3, 0.4) is 0 Å². The van der Waals surface area contributed by atoms with Crippen molar-refractivity contribution in [3.8, 4) is 0 Å². The molecule has 20 heavy (non-hydrogen) atoms. The molecule has 3 N–H and O–H groups in total. The molecule has 6 nitrogen and oxygen atoms in total. The molecule has 0 spiro atoms. The van der Waals surface area contributed by atoms with Gasteiger partial charge in [-0.25, -0.2) is 22.5 Å². The van der Waals surface area contributed by atoms with Crippen molar-refractivity contribution in [2.45, 2.75) is 18.4 Å². The van der Waals surface area contributed by atoms with Crippen molar-refractivity contribution in [3.05, 3.63) is 40.8 Å². The number of anilines is 1. The number of hydrogen-bond acceptors (Lipinski definition) is 5. The Hall–Kier alpha value is -1.64. The van der Waals surface area contributed by atoms with E-state index in [2.05, 4.69) is 9.71 Å². The van der Waals surface area contributed by atoms with Gasteiger partial charge in [-0.3, -0.25) is 0 Å². The predicted octanol–water partition coefficient (Wildman–Crippen LogP) is 1.84. The second kappa shape index (κ2) is 5.39. The van der Waals surface area contributed by atoms with E-state index in [4.69, 9.17) is 21.8 Å². The molecule has 0 saturated heterocycles. The lowest BCUT2D eigenvalue weighted by Crippen LogP contribution is -2.24.